The van der Waals surface area contributed by atoms with E-state index in [0.717, 1.165) is 27.7 Å². The van der Waals surface area contributed by atoms with Crippen LogP contribution in [0, 0.1) is 0 Å². The predicted octanol–water partition coefficient (Wildman–Crippen LogP) is -6.85. The molecule has 28 heteroatoms. The summed E-state index contributed by atoms with van der Waals surface area (Å²) in [6.07, 6.45) is -24.5. The molecule has 0 radical (unpaired) electrons. The number of amides is 4. The van der Waals surface area contributed by atoms with E-state index in [2.05, 4.69) is 21.3 Å². The van der Waals surface area contributed by atoms with Crippen LogP contribution in [-0.4, -0.2) is 234 Å². The number of rotatable bonds is 20. The second kappa shape index (κ2) is 26.3. The second-order valence-corrected chi connectivity index (χ2v) is 18.6. The number of aliphatic hydroxyl groups is 12. The van der Waals surface area contributed by atoms with Crippen molar-refractivity contribution in [1.82, 2.24) is 21.3 Å². The Morgan fingerprint density at radius 1 is 0.413 bits per heavy atom. The smallest absolute Gasteiger partial charge is 0.223 e. The molecule has 75 heavy (non-hydrogen) atoms. The van der Waals surface area contributed by atoms with Crippen molar-refractivity contribution in [2.24, 2.45) is 0 Å². The number of carbonyl (C=O) groups is 4. The number of benzene rings is 2. The first-order valence-electron chi connectivity index (χ1n) is 24.1. The van der Waals surface area contributed by atoms with Gasteiger partial charge in [0, 0.05) is 39.8 Å². The van der Waals surface area contributed by atoms with Crippen molar-refractivity contribution in [2.45, 2.75) is 170 Å². The molecule has 28 nitrogen and oxygen atoms in total. The number of aryl methyl sites for hydroxylation is 2. The van der Waals surface area contributed by atoms with Gasteiger partial charge in [-0.3, -0.25) is 19.2 Å². The Morgan fingerprint density at radius 3 is 0.907 bits per heavy atom. The minimum absolute atomic E-state index is 0.0226. The van der Waals surface area contributed by atoms with Crippen LogP contribution in [0.4, 0.5) is 0 Å². The largest absolute Gasteiger partial charge is 0.462 e. The average molecular weight is 1070 g/mol. The van der Waals surface area contributed by atoms with Gasteiger partial charge in [-0.05, 0) is 42.5 Å². The Labute approximate surface area is 429 Å². The molecule has 0 saturated carbocycles. The SMILES string of the molecule is CC(=O)N[C@H]1C(Oc2ccc(CCCc3ccc(OC4O[C@H](CO)[C@@H](O)[C@H](O)[C@H]4NC(C)=O)cc3OC3O[C@H](CO)[C@@H](O)[C@H](O)[C@H]3NC(C)=O)c(OC3O[C@H](CO)[C@@H](O)[C@H](O)[C@H]3NC(C)=O)c2)O[C@H](CO)[C@@H](O)[C@@H]1O. The van der Waals surface area contributed by atoms with Crippen LogP contribution >= 0.6 is 0 Å². The summed E-state index contributed by atoms with van der Waals surface area (Å²) < 4.78 is 48.0. The number of hydrogen-bond donors (Lipinski definition) is 16. The van der Waals surface area contributed by atoms with Crippen molar-refractivity contribution >= 4 is 23.6 Å². The van der Waals surface area contributed by atoms with Crippen molar-refractivity contribution in [3.63, 3.8) is 0 Å². The second-order valence-electron chi connectivity index (χ2n) is 18.6. The van der Waals surface area contributed by atoms with Crippen LogP contribution in [0.5, 0.6) is 23.0 Å². The fourth-order valence-corrected chi connectivity index (χ4v) is 9.12. The van der Waals surface area contributed by atoms with Gasteiger partial charge in [0.15, 0.2) is 0 Å². The first kappa shape index (κ1) is 59.1. The molecule has 4 saturated heterocycles. The van der Waals surface area contributed by atoms with Gasteiger partial charge < -0.3 is 120 Å². The van der Waals surface area contributed by atoms with Gasteiger partial charge >= 0.3 is 0 Å². The zero-order valence-electron chi connectivity index (χ0n) is 41.2. The Balaban J connectivity index is 1.35. The molecule has 2 aromatic rings. The Morgan fingerprint density at radius 2 is 0.667 bits per heavy atom. The van der Waals surface area contributed by atoms with Crippen LogP contribution in [-0.2, 0) is 51.0 Å². The van der Waals surface area contributed by atoms with Crippen LogP contribution in [0.15, 0.2) is 36.4 Å². The van der Waals surface area contributed by atoms with Gasteiger partial charge in [0.1, 0.15) is 120 Å². The van der Waals surface area contributed by atoms with Crippen molar-refractivity contribution in [3.05, 3.63) is 47.5 Å². The molecule has 420 valence electrons. The van der Waals surface area contributed by atoms with Gasteiger partial charge in [-0.2, -0.15) is 0 Å². The summed E-state index contributed by atoms with van der Waals surface area (Å²) in [5.74, 6) is -2.62. The van der Waals surface area contributed by atoms with E-state index < -0.39 is 173 Å². The third-order valence-corrected chi connectivity index (χ3v) is 13.0. The maximum atomic E-state index is 12.3. The van der Waals surface area contributed by atoms with Crippen LogP contribution in [0.25, 0.3) is 0 Å². The average Bonchev–Trinajstić information content (AvgIpc) is 3.36. The van der Waals surface area contributed by atoms with Crippen molar-refractivity contribution in [3.8, 4) is 23.0 Å². The predicted molar refractivity (Wildman–Crippen MR) is 249 cm³/mol. The van der Waals surface area contributed by atoms with Crippen LogP contribution < -0.4 is 40.2 Å². The van der Waals surface area contributed by atoms with Gasteiger partial charge in [-0.1, -0.05) is 12.1 Å². The van der Waals surface area contributed by atoms with E-state index in [1.165, 1.54) is 24.3 Å². The van der Waals surface area contributed by atoms with Gasteiger partial charge in [0.05, 0.1) is 26.4 Å². The number of aliphatic hydroxyl groups excluding tert-OH is 12. The summed E-state index contributed by atoms with van der Waals surface area (Å²) in [5.41, 5.74) is 0.814. The lowest BCUT2D eigenvalue weighted by Gasteiger charge is -2.42. The Hall–Kier alpha value is -5.12. The Bertz CT molecular complexity index is 2100. The number of carbonyl (C=O) groups excluding carboxylic acids is 4. The molecule has 4 aliphatic heterocycles. The topological polar surface area (TPSA) is 433 Å². The highest BCUT2D eigenvalue weighted by molar-refractivity contribution is 5.74. The van der Waals surface area contributed by atoms with Crippen molar-refractivity contribution < 1.29 is 118 Å². The van der Waals surface area contributed by atoms with E-state index in [1.807, 2.05) is 0 Å². The lowest BCUT2D eigenvalue weighted by Crippen LogP contribution is -2.65. The number of ether oxygens (including phenoxy) is 8. The molecule has 0 aromatic heterocycles. The van der Waals surface area contributed by atoms with Crippen molar-refractivity contribution in [1.29, 1.82) is 0 Å². The molecule has 16 N–H and O–H groups in total. The first-order valence-corrected chi connectivity index (χ1v) is 24.1. The van der Waals surface area contributed by atoms with Crippen LogP contribution in [0.1, 0.15) is 45.2 Å². The normalized spacial score (nSPS) is 35.8. The monoisotopic (exact) mass is 1070 g/mol. The van der Waals surface area contributed by atoms with Gasteiger partial charge in [0.25, 0.3) is 0 Å². The molecular formula is C47H68N4O24. The third kappa shape index (κ3) is 14.3. The van der Waals surface area contributed by atoms with Gasteiger partial charge in [0.2, 0.25) is 48.8 Å². The molecule has 4 unspecified atom stereocenters. The fraction of sp³-hybridized carbons (Fsp3) is 0.660. The highest BCUT2D eigenvalue weighted by atomic mass is 16.7. The highest BCUT2D eigenvalue weighted by Gasteiger charge is 2.50. The summed E-state index contributed by atoms with van der Waals surface area (Å²) in [4.78, 5) is 49.0. The van der Waals surface area contributed by atoms with Crippen LogP contribution in [0.2, 0.25) is 0 Å². The lowest BCUT2D eigenvalue weighted by atomic mass is 9.96. The highest BCUT2D eigenvalue weighted by Crippen LogP contribution is 2.36. The van der Waals surface area contributed by atoms with E-state index in [0.29, 0.717) is 11.1 Å². The summed E-state index contributed by atoms with van der Waals surface area (Å²) >= 11 is 0. The standard InChI is InChI=1S/C47H68N4O24/c1-18(56)48-32-40(64)36(60)28(14-52)72-44(32)68-24-10-8-22(26(12-24)70-46-34(50-20(3)58)42(66)38(62)30(16-54)74-46)6-5-7-23-9-11-25(69-45-33(49-19(2)57)41(65)37(61)29(15-53)73-45)13-27(23)71-47-35(51-21(4)59)43(67)39(63)31(17-55)75-47/h8-13,28-47,52-55,60-67H,5-7,14-17H2,1-4H3,(H,48,56)(H,49,57)(H,50,58)(H,51,59)/t28-,29-,30-,31-,32-,33-,34-,35-,36-,37-,38-,39-,40-,41-,42-,43-,44?,45?,46?,47?/m1/s1. The third-order valence-electron chi connectivity index (χ3n) is 13.0. The molecular weight excluding hydrogens is 1000 g/mol. The fourth-order valence-electron chi connectivity index (χ4n) is 9.12. The van der Waals surface area contributed by atoms with Gasteiger partial charge in [-0.25, -0.2) is 0 Å². The minimum Gasteiger partial charge on any atom is -0.462 e. The quantitative estimate of drug-likeness (QED) is 0.0586. The summed E-state index contributed by atoms with van der Waals surface area (Å²) in [6, 6.07) is 3.17. The molecule has 0 bridgehead atoms. The molecule has 6 rings (SSSR count). The maximum Gasteiger partial charge on any atom is 0.223 e. The molecule has 0 spiro atoms. The van der Waals surface area contributed by atoms with E-state index in [-0.39, 0.29) is 42.3 Å². The van der Waals surface area contributed by atoms with E-state index in [4.69, 9.17) is 37.9 Å². The van der Waals surface area contributed by atoms with E-state index >= 15 is 0 Å². The molecule has 2 aromatic carbocycles. The first-order chi connectivity index (χ1) is 35.6. The number of hydrogen-bond acceptors (Lipinski definition) is 24. The summed E-state index contributed by atoms with van der Waals surface area (Å²) in [5, 5.41) is 136. The zero-order valence-corrected chi connectivity index (χ0v) is 41.2. The molecule has 4 fully saturated rings. The van der Waals surface area contributed by atoms with E-state index in [1.54, 1.807) is 12.1 Å². The number of nitrogens with one attached hydrogen (secondary N) is 4. The zero-order chi connectivity index (χ0) is 55.0. The van der Waals surface area contributed by atoms with Gasteiger partial charge in [-0.15, -0.1) is 0 Å². The Kier molecular flexibility index (Phi) is 20.7. The molecule has 4 amide bonds. The summed E-state index contributed by atoms with van der Waals surface area (Å²) in [7, 11) is 0. The molecule has 4 heterocycles. The van der Waals surface area contributed by atoms with Crippen molar-refractivity contribution in [2.75, 3.05) is 26.4 Å². The lowest BCUT2D eigenvalue weighted by molar-refractivity contribution is -0.245. The molecule has 4 aliphatic rings. The molecule has 0 aliphatic carbocycles. The maximum absolute atomic E-state index is 12.3. The summed E-state index contributed by atoms with van der Waals surface area (Å²) in [6.45, 7) is 1.60. The van der Waals surface area contributed by atoms with Crippen LogP contribution in [0.3, 0.4) is 0 Å². The van der Waals surface area contributed by atoms with E-state index in [9.17, 15) is 80.5 Å². The molecule has 20 atom stereocenters. The minimum atomic E-state index is -1.71.